The Morgan fingerprint density at radius 1 is 1.22 bits per heavy atom. The zero-order valence-electron chi connectivity index (χ0n) is 14.8. The fourth-order valence-electron chi connectivity index (χ4n) is 2.97. The number of carbonyl (C=O) groups is 2. The average molecular weight is 428 g/mol. The first kappa shape index (κ1) is 20.0. The minimum Gasteiger partial charge on any atom is -0.482 e. The SMILES string of the molecule is CCOC(=O)c1c(NC(=O)COc2ccc(Cl)cc2Cl)sc2c1CCCC2. The molecule has 0 aliphatic heterocycles. The van der Waals surface area contributed by atoms with Crippen molar-refractivity contribution in [3.05, 3.63) is 44.2 Å². The topological polar surface area (TPSA) is 64.6 Å². The highest BCUT2D eigenvalue weighted by Crippen LogP contribution is 2.38. The summed E-state index contributed by atoms with van der Waals surface area (Å²) in [5.74, 6) is -0.397. The fraction of sp³-hybridized carbons (Fsp3) is 0.368. The van der Waals surface area contributed by atoms with E-state index >= 15 is 0 Å². The Morgan fingerprint density at radius 3 is 2.74 bits per heavy atom. The van der Waals surface area contributed by atoms with Gasteiger partial charge in [-0.1, -0.05) is 23.2 Å². The maximum Gasteiger partial charge on any atom is 0.341 e. The molecule has 0 radical (unpaired) electrons. The lowest BCUT2D eigenvalue weighted by Crippen LogP contribution is -2.21. The Bertz CT molecular complexity index is 866. The molecule has 0 fully saturated rings. The number of nitrogens with one attached hydrogen (secondary N) is 1. The number of benzene rings is 1. The molecule has 1 aromatic heterocycles. The van der Waals surface area contributed by atoms with Crippen LogP contribution in [0.4, 0.5) is 5.00 Å². The van der Waals surface area contributed by atoms with Crippen molar-refractivity contribution in [2.24, 2.45) is 0 Å². The first-order chi connectivity index (χ1) is 13.0. The third-order valence-electron chi connectivity index (χ3n) is 4.16. The zero-order chi connectivity index (χ0) is 19.4. The molecule has 1 amide bonds. The highest BCUT2D eigenvalue weighted by Gasteiger charge is 2.27. The van der Waals surface area contributed by atoms with Gasteiger partial charge in [0.1, 0.15) is 10.8 Å². The quantitative estimate of drug-likeness (QED) is 0.648. The molecule has 3 rings (SSSR count). The Balaban J connectivity index is 1.73. The minimum absolute atomic E-state index is 0.230. The van der Waals surface area contributed by atoms with Gasteiger partial charge in [0.2, 0.25) is 0 Å². The molecule has 144 valence electrons. The Hall–Kier alpha value is -1.76. The van der Waals surface area contributed by atoms with E-state index in [0.717, 1.165) is 36.1 Å². The van der Waals surface area contributed by atoms with E-state index in [1.807, 2.05) is 0 Å². The first-order valence-corrected chi connectivity index (χ1v) is 10.3. The van der Waals surface area contributed by atoms with Crippen LogP contribution in [0.3, 0.4) is 0 Å². The lowest BCUT2D eigenvalue weighted by Gasteiger charge is -2.12. The largest absolute Gasteiger partial charge is 0.482 e. The summed E-state index contributed by atoms with van der Waals surface area (Å²) >= 11 is 13.3. The molecule has 0 saturated carbocycles. The van der Waals surface area contributed by atoms with E-state index in [4.69, 9.17) is 32.7 Å². The normalized spacial score (nSPS) is 13.0. The lowest BCUT2D eigenvalue weighted by atomic mass is 9.95. The average Bonchev–Trinajstić information content (AvgIpc) is 2.99. The molecule has 1 N–H and O–H groups in total. The number of rotatable bonds is 6. The molecule has 8 heteroatoms. The number of carbonyl (C=O) groups excluding carboxylic acids is 2. The van der Waals surface area contributed by atoms with Crippen LogP contribution in [0.1, 0.15) is 40.6 Å². The van der Waals surface area contributed by atoms with Crippen LogP contribution in [-0.4, -0.2) is 25.1 Å². The monoisotopic (exact) mass is 427 g/mol. The van der Waals surface area contributed by atoms with Gasteiger partial charge >= 0.3 is 5.97 Å². The molecule has 1 aliphatic carbocycles. The Labute approximate surface area is 171 Å². The van der Waals surface area contributed by atoms with E-state index in [1.165, 1.54) is 11.3 Å². The fourth-order valence-corrected chi connectivity index (χ4v) is 4.73. The molecule has 0 spiro atoms. The number of esters is 1. The van der Waals surface area contributed by atoms with Crippen molar-refractivity contribution in [1.82, 2.24) is 0 Å². The second kappa shape index (κ2) is 8.95. The van der Waals surface area contributed by atoms with Crippen molar-refractivity contribution >= 4 is 51.4 Å². The van der Waals surface area contributed by atoms with Gasteiger partial charge in [0.25, 0.3) is 5.91 Å². The molecule has 27 heavy (non-hydrogen) atoms. The molecule has 5 nitrogen and oxygen atoms in total. The van der Waals surface area contributed by atoms with Gasteiger partial charge in [0, 0.05) is 9.90 Å². The summed E-state index contributed by atoms with van der Waals surface area (Å²) < 4.78 is 10.6. The van der Waals surface area contributed by atoms with Gasteiger partial charge in [0.05, 0.1) is 17.2 Å². The molecule has 2 aromatic rings. The maximum atomic E-state index is 12.4. The number of amides is 1. The smallest absolute Gasteiger partial charge is 0.341 e. The van der Waals surface area contributed by atoms with Gasteiger partial charge in [-0.05, 0) is 56.4 Å². The van der Waals surface area contributed by atoms with E-state index in [0.29, 0.717) is 26.4 Å². The highest BCUT2D eigenvalue weighted by molar-refractivity contribution is 7.17. The summed E-state index contributed by atoms with van der Waals surface area (Å²) in [5.41, 5.74) is 1.48. The van der Waals surface area contributed by atoms with Crippen LogP contribution in [0.15, 0.2) is 18.2 Å². The number of aryl methyl sites for hydroxylation is 1. The summed E-state index contributed by atoms with van der Waals surface area (Å²) in [6.45, 7) is 1.82. The summed E-state index contributed by atoms with van der Waals surface area (Å²) in [4.78, 5) is 25.9. The van der Waals surface area contributed by atoms with E-state index in [2.05, 4.69) is 5.32 Å². The predicted octanol–water partition coefficient (Wildman–Crippen LogP) is 5.13. The van der Waals surface area contributed by atoms with E-state index in [1.54, 1.807) is 25.1 Å². The van der Waals surface area contributed by atoms with Gasteiger partial charge in [-0.3, -0.25) is 4.79 Å². The van der Waals surface area contributed by atoms with Crippen LogP contribution >= 0.6 is 34.5 Å². The molecule has 0 unspecified atom stereocenters. The molecule has 0 saturated heterocycles. The van der Waals surface area contributed by atoms with Crippen molar-refractivity contribution < 1.29 is 19.1 Å². The molecular weight excluding hydrogens is 409 g/mol. The maximum absolute atomic E-state index is 12.4. The number of anilines is 1. The minimum atomic E-state index is -0.395. The number of hydrogen-bond acceptors (Lipinski definition) is 5. The van der Waals surface area contributed by atoms with Crippen molar-refractivity contribution in [1.29, 1.82) is 0 Å². The molecule has 1 heterocycles. The van der Waals surface area contributed by atoms with E-state index in [-0.39, 0.29) is 19.1 Å². The standard InChI is InChI=1S/C19H19Cl2NO4S/c1-2-25-19(24)17-12-5-3-4-6-15(12)27-18(17)22-16(23)10-26-14-8-7-11(20)9-13(14)21/h7-9H,2-6,10H2,1H3,(H,22,23). The second-order valence-electron chi connectivity index (χ2n) is 6.05. The second-order valence-corrected chi connectivity index (χ2v) is 8.00. The van der Waals surface area contributed by atoms with Crippen LogP contribution in [0.2, 0.25) is 10.0 Å². The molecule has 0 bridgehead atoms. The number of halogens is 2. The van der Waals surface area contributed by atoms with Crippen molar-refractivity contribution in [3.8, 4) is 5.75 Å². The highest BCUT2D eigenvalue weighted by atomic mass is 35.5. The van der Waals surface area contributed by atoms with Gasteiger partial charge < -0.3 is 14.8 Å². The van der Waals surface area contributed by atoms with Crippen LogP contribution in [0, 0.1) is 0 Å². The van der Waals surface area contributed by atoms with Crippen LogP contribution in [0.25, 0.3) is 0 Å². The van der Waals surface area contributed by atoms with Crippen LogP contribution in [-0.2, 0) is 22.4 Å². The molecule has 1 aromatic carbocycles. The summed E-state index contributed by atoms with van der Waals surface area (Å²) in [5, 5.41) is 4.13. The van der Waals surface area contributed by atoms with Gasteiger partial charge in [0.15, 0.2) is 6.61 Å². The van der Waals surface area contributed by atoms with E-state index < -0.39 is 5.97 Å². The Morgan fingerprint density at radius 2 is 2.00 bits per heavy atom. The summed E-state index contributed by atoms with van der Waals surface area (Å²) in [7, 11) is 0. The van der Waals surface area contributed by atoms with Crippen molar-refractivity contribution in [2.75, 3.05) is 18.5 Å². The number of ether oxygens (including phenoxy) is 2. The van der Waals surface area contributed by atoms with Crippen molar-refractivity contribution in [2.45, 2.75) is 32.6 Å². The summed E-state index contributed by atoms with van der Waals surface area (Å²) in [6.07, 6.45) is 3.86. The number of fused-ring (bicyclic) bond motifs is 1. The van der Waals surface area contributed by atoms with E-state index in [9.17, 15) is 9.59 Å². The third-order valence-corrected chi connectivity index (χ3v) is 5.89. The number of thiophene rings is 1. The van der Waals surface area contributed by atoms with Crippen molar-refractivity contribution in [3.63, 3.8) is 0 Å². The third kappa shape index (κ3) is 4.75. The van der Waals surface area contributed by atoms with Crippen LogP contribution in [0.5, 0.6) is 5.75 Å². The lowest BCUT2D eigenvalue weighted by molar-refractivity contribution is -0.118. The molecule has 1 aliphatic rings. The molecular formula is C19H19Cl2NO4S. The first-order valence-electron chi connectivity index (χ1n) is 8.69. The summed E-state index contributed by atoms with van der Waals surface area (Å²) in [6, 6.07) is 4.78. The zero-order valence-corrected chi connectivity index (χ0v) is 17.1. The van der Waals surface area contributed by atoms with Crippen LogP contribution < -0.4 is 10.1 Å². The number of hydrogen-bond donors (Lipinski definition) is 1. The predicted molar refractivity (Wildman–Crippen MR) is 108 cm³/mol. The van der Waals surface area contributed by atoms with Gasteiger partial charge in [-0.25, -0.2) is 4.79 Å². The van der Waals surface area contributed by atoms with Gasteiger partial charge in [-0.15, -0.1) is 11.3 Å². The Kier molecular flexibility index (Phi) is 6.63. The van der Waals surface area contributed by atoms with Gasteiger partial charge in [-0.2, -0.15) is 0 Å². The molecule has 0 atom stereocenters.